The standard InChI is InChI=1S/C22H25Cl3N2O2/c1-4-20(22(29)26-14(2)3)27(13-16-7-5-6-8-18(16)24)21(28)11-15-9-10-17(23)12-19(15)25/h5-10,12,14,20H,4,11,13H2,1-3H3,(H,26,29)/t20-/m0/s1. The van der Waals surface area contributed by atoms with E-state index in [1.807, 2.05) is 39.0 Å². The van der Waals surface area contributed by atoms with Crippen LogP contribution >= 0.6 is 34.8 Å². The Hall–Kier alpha value is -1.75. The first-order valence-electron chi connectivity index (χ1n) is 9.50. The van der Waals surface area contributed by atoms with E-state index in [9.17, 15) is 9.59 Å². The lowest BCUT2D eigenvalue weighted by atomic mass is 10.1. The van der Waals surface area contributed by atoms with Crippen LogP contribution in [0, 0.1) is 0 Å². The molecule has 0 saturated carbocycles. The van der Waals surface area contributed by atoms with Crippen molar-refractivity contribution in [2.45, 2.75) is 52.2 Å². The molecule has 2 aromatic rings. The van der Waals surface area contributed by atoms with E-state index in [-0.39, 0.29) is 30.8 Å². The number of carbonyl (C=O) groups excluding carboxylic acids is 2. The Morgan fingerprint density at radius 1 is 1.00 bits per heavy atom. The summed E-state index contributed by atoms with van der Waals surface area (Å²) in [4.78, 5) is 27.6. The molecule has 2 aromatic carbocycles. The fourth-order valence-electron chi connectivity index (χ4n) is 3.04. The Balaban J connectivity index is 2.35. The summed E-state index contributed by atoms with van der Waals surface area (Å²) >= 11 is 18.5. The molecule has 2 rings (SSSR count). The van der Waals surface area contributed by atoms with E-state index < -0.39 is 6.04 Å². The van der Waals surface area contributed by atoms with Gasteiger partial charge in [0.1, 0.15) is 6.04 Å². The van der Waals surface area contributed by atoms with Crippen molar-refractivity contribution in [1.29, 1.82) is 0 Å². The van der Waals surface area contributed by atoms with Crippen molar-refractivity contribution >= 4 is 46.6 Å². The topological polar surface area (TPSA) is 49.4 Å². The van der Waals surface area contributed by atoms with Crippen LogP contribution in [0.4, 0.5) is 0 Å². The molecule has 0 radical (unpaired) electrons. The summed E-state index contributed by atoms with van der Waals surface area (Å²) in [6.07, 6.45) is 0.537. The lowest BCUT2D eigenvalue weighted by Gasteiger charge is -2.31. The van der Waals surface area contributed by atoms with Crippen LogP contribution in [0.1, 0.15) is 38.3 Å². The minimum absolute atomic E-state index is 0.0282. The number of hydrogen-bond acceptors (Lipinski definition) is 2. The molecule has 156 valence electrons. The number of nitrogens with one attached hydrogen (secondary N) is 1. The van der Waals surface area contributed by atoms with E-state index in [4.69, 9.17) is 34.8 Å². The lowest BCUT2D eigenvalue weighted by molar-refractivity contribution is -0.141. The van der Waals surface area contributed by atoms with Gasteiger partial charge in [-0.2, -0.15) is 0 Å². The quantitative estimate of drug-likeness (QED) is 0.569. The van der Waals surface area contributed by atoms with Gasteiger partial charge in [-0.15, -0.1) is 0 Å². The maximum Gasteiger partial charge on any atom is 0.243 e. The second kappa shape index (κ2) is 10.9. The number of carbonyl (C=O) groups is 2. The number of hydrogen-bond donors (Lipinski definition) is 1. The Morgan fingerprint density at radius 3 is 2.28 bits per heavy atom. The highest BCUT2D eigenvalue weighted by Gasteiger charge is 2.29. The summed E-state index contributed by atoms with van der Waals surface area (Å²) in [7, 11) is 0. The average molecular weight is 456 g/mol. The van der Waals surface area contributed by atoms with Crippen LogP contribution in [0.25, 0.3) is 0 Å². The first kappa shape index (κ1) is 23.5. The maximum atomic E-state index is 13.3. The third-order valence-electron chi connectivity index (χ3n) is 4.47. The van der Waals surface area contributed by atoms with Crippen molar-refractivity contribution in [2.24, 2.45) is 0 Å². The Labute approximate surface area is 187 Å². The van der Waals surface area contributed by atoms with Crippen molar-refractivity contribution in [3.05, 3.63) is 68.7 Å². The number of amides is 2. The molecule has 0 saturated heterocycles. The first-order valence-corrected chi connectivity index (χ1v) is 10.6. The average Bonchev–Trinajstić information content (AvgIpc) is 2.64. The molecule has 0 aromatic heterocycles. The molecule has 1 atom stereocenters. The Kier molecular flexibility index (Phi) is 8.81. The second-order valence-electron chi connectivity index (χ2n) is 7.11. The van der Waals surface area contributed by atoms with Crippen LogP contribution in [-0.2, 0) is 22.6 Å². The minimum atomic E-state index is -0.618. The SMILES string of the molecule is CC[C@@H](C(=O)NC(C)C)N(Cc1ccccc1Cl)C(=O)Cc1ccc(Cl)cc1Cl. The molecule has 7 heteroatoms. The van der Waals surface area contributed by atoms with Gasteiger partial charge in [-0.05, 0) is 49.6 Å². The number of rotatable bonds is 8. The number of benzene rings is 2. The summed E-state index contributed by atoms with van der Waals surface area (Å²) in [5.41, 5.74) is 1.44. The normalized spacial score (nSPS) is 12.0. The fourth-order valence-corrected chi connectivity index (χ4v) is 3.71. The number of halogens is 3. The van der Waals surface area contributed by atoms with E-state index >= 15 is 0 Å². The van der Waals surface area contributed by atoms with Crippen LogP contribution in [0.2, 0.25) is 15.1 Å². The van der Waals surface area contributed by atoms with Gasteiger partial charge in [-0.25, -0.2) is 0 Å². The van der Waals surface area contributed by atoms with Crippen molar-refractivity contribution in [3.8, 4) is 0 Å². The molecule has 0 aliphatic heterocycles. The fraction of sp³-hybridized carbons (Fsp3) is 0.364. The molecule has 2 amide bonds. The largest absolute Gasteiger partial charge is 0.352 e. The predicted octanol–water partition coefficient (Wildman–Crippen LogP) is 5.52. The zero-order valence-electron chi connectivity index (χ0n) is 16.7. The highest BCUT2D eigenvalue weighted by Crippen LogP contribution is 2.24. The minimum Gasteiger partial charge on any atom is -0.352 e. The summed E-state index contributed by atoms with van der Waals surface area (Å²) < 4.78 is 0. The van der Waals surface area contributed by atoms with Gasteiger partial charge in [-0.3, -0.25) is 9.59 Å². The van der Waals surface area contributed by atoms with Gasteiger partial charge in [0, 0.05) is 27.7 Å². The van der Waals surface area contributed by atoms with Crippen molar-refractivity contribution < 1.29 is 9.59 Å². The van der Waals surface area contributed by atoms with Crippen molar-refractivity contribution in [3.63, 3.8) is 0 Å². The predicted molar refractivity (Wildman–Crippen MR) is 120 cm³/mol. The van der Waals surface area contributed by atoms with Gasteiger partial charge < -0.3 is 10.2 Å². The van der Waals surface area contributed by atoms with Gasteiger partial charge in [-0.1, -0.05) is 66.0 Å². The Morgan fingerprint density at radius 2 is 1.69 bits per heavy atom. The summed E-state index contributed by atoms with van der Waals surface area (Å²) in [6, 6.07) is 11.7. The first-order chi connectivity index (χ1) is 13.7. The summed E-state index contributed by atoms with van der Waals surface area (Å²) in [6.45, 7) is 5.89. The van der Waals surface area contributed by atoms with E-state index in [1.54, 1.807) is 29.2 Å². The third kappa shape index (κ3) is 6.63. The highest BCUT2D eigenvalue weighted by molar-refractivity contribution is 6.35. The molecule has 0 aliphatic rings. The highest BCUT2D eigenvalue weighted by atomic mass is 35.5. The van der Waals surface area contributed by atoms with Crippen LogP contribution < -0.4 is 5.32 Å². The molecule has 0 spiro atoms. The Bertz CT molecular complexity index is 871. The third-order valence-corrected chi connectivity index (χ3v) is 5.43. The van der Waals surface area contributed by atoms with E-state index in [0.717, 1.165) is 5.56 Å². The molecular formula is C22H25Cl3N2O2. The monoisotopic (exact) mass is 454 g/mol. The molecule has 0 heterocycles. The smallest absolute Gasteiger partial charge is 0.243 e. The zero-order valence-corrected chi connectivity index (χ0v) is 19.0. The van der Waals surface area contributed by atoms with Gasteiger partial charge in [0.2, 0.25) is 11.8 Å². The molecule has 0 fully saturated rings. The number of nitrogens with zero attached hydrogens (tertiary/aromatic N) is 1. The van der Waals surface area contributed by atoms with Gasteiger partial charge >= 0.3 is 0 Å². The van der Waals surface area contributed by atoms with Crippen LogP contribution in [0.5, 0.6) is 0 Å². The van der Waals surface area contributed by atoms with Crippen molar-refractivity contribution in [2.75, 3.05) is 0 Å². The molecular weight excluding hydrogens is 431 g/mol. The van der Waals surface area contributed by atoms with Gasteiger partial charge in [0.05, 0.1) is 6.42 Å². The summed E-state index contributed by atoms with van der Waals surface area (Å²) in [5, 5.41) is 4.37. The van der Waals surface area contributed by atoms with Crippen LogP contribution in [0.15, 0.2) is 42.5 Å². The van der Waals surface area contributed by atoms with Crippen LogP contribution in [-0.4, -0.2) is 28.8 Å². The zero-order chi connectivity index (χ0) is 21.6. The molecule has 4 nitrogen and oxygen atoms in total. The van der Waals surface area contributed by atoms with Crippen molar-refractivity contribution in [1.82, 2.24) is 10.2 Å². The van der Waals surface area contributed by atoms with Crippen LogP contribution in [0.3, 0.4) is 0 Å². The van der Waals surface area contributed by atoms with Gasteiger partial charge in [0.15, 0.2) is 0 Å². The lowest BCUT2D eigenvalue weighted by Crippen LogP contribution is -2.50. The molecule has 0 unspecified atom stereocenters. The molecule has 0 aliphatic carbocycles. The van der Waals surface area contributed by atoms with Gasteiger partial charge in [0.25, 0.3) is 0 Å². The summed E-state index contributed by atoms with van der Waals surface area (Å²) in [5.74, 6) is -0.398. The van der Waals surface area contributed by atoms with E-state index in [0.29, 0.717) is 27.1 Å². The molecule has 29 heavy (non-hydrogen) atoms. The second-order valence-corrected chi connectivity index (χ2v) is 8.36. The molecule has 0 bridgehead atoms. The molecule has 1 N–H and O–H groups in total. The maximum absolute atomic E-state index is 13.3. The van der Waals surface area contributed by atoms with E-state index in [1.165, 1.54) is 0 Å². The van der Waals surface area contributed by atoms with E-state index in [2.05, 4.69) is 5.32 Å².